The Morgan fingerprint density at radius 2 is 1.92 bits per heavy atom. The average Bonchev–Trinajstić information content (AvgIpc) is 2.60. The number of rotatable bonds is 8. The van der Waals surface area contributed by atoms with Crippen LogP contribution < -0.4 is 10.6 Å². The van der Waals surface area contributed by atoms with Gasteiger partial charge in [-0.25, -0.2) is 0 Å². The van der Waals surface area contributed by atoms with Crippen molar-refractivity contribution in [1.29, 1.82) is 0 Å². The van der Waals surface area contributed by atoms with Crippen molar-refractivity contribution in [2.45, 2.75) is 19.8 Å². The standard InChI is InChI=1S/C18H30N4O.HI/c1-2-19-18(21-11-9-17-7-4-3-5-8-17)20-10-6-12-22-13-15-23-16-14-22;/h3-5,7-8H,2,6,9-16H2,1H3,(H2,19,20,21);1H. The van der Waals surface area contributed by atoms with Crippen LogP contribution in [0, 0.1) is 0 Å². The quantitative estimate of drug-likeness (QED) is 0.278. The van der Waals surface area contributed by atoms with Gasteiger partial charge in [0.05, 0.1) is 13.2 Å². The predicted octanol–water partition coefficient (Wildman–Crippen LogP) is 2.12. The Bertz CT molecular complexity index is 450. The zero-order chi connectivity index (χ0) is 16.2. The first-order valence-electron chi connectivity index (χ1n) is 8.74. The maximum atomic E-state index is 5.37. The SMILES string of the molecule is CCNC(=NCCCN1CCOCC1)NCCc1ccccc1.I. The van der Waals surface area contributed by atoms with Gasteiger partial charge in [-0.1, -0.05) is 30.3 Å². The second-order valence-electron chi connectivity index (χ2n) is 5.73. The summed E-state index contributed by atoms with van der Waals surface area (Å²) in [6.45, 7) is 9.70. The van der Waals surface area contributed by atoms with Crippen LogP contribution in [0.3, 0.4) is 0 Å². The minimum Gasteiger partial charge on any atom is -0.379 e. The van der Waals surface area contributed by atoms with Gasteiger partial charge in [0.2, 0.25) is 0 Å². The lowest BCUT2D eigenvalue weighted by Crippen LogP contribution is -2.39. The Morgan fingerprint density at radius 1 is 1.17 bits per heavy atom. The van der Waals surface area contributed by atoms with Crippen molar-refractivity contribution in [2.24, 2.45) is 4.99 Å². The number of nitrogens with zero attached hydrogens (tertiary/aromatic N) is 2. The fourth-order valence-corrected chi connectivity index (χ4v) is 2.62. The highest BCUT2D eigenvalue weighted by Gasteiger charge is 2.08. The molecule has 6 heteroatoms. The Hall–Kier alpha value is -0.860. The molecule has 1 aromatic carbocycles. The van der Waals surface area contributed by atoms with Crippen LogP contribution in [-0.4, -0.2) is 63.3 Å². The van der Waals surface area contributed by atoms with Gasteiger partial charge in [0.25, 0.3) is 0 Å². The predicted molar refractivity (Wildman–Crippen MR) is 111 cm³/mol. The number of ether oxygens (including phenoxy) is 1. The number of morpholine rings is 1. The number of guanidine groups is 1. The van der Waals surface area contributed by atoms with Gasteiger partial charge in [-0.2, -0.15) is 0 Å². The van der Waals surface area contributed by atoms with Crippen molar-refractivity contribution < 1.29 is 4.74 Å². The molecular formula is C18H31IN4O. The smallest absolute Gasteiger partial charge is 0.191 e. The van der Waals surface area contributed by atoms with Crippen LogP contribution in [0.4, 0.5) is 0 Å². The summed E-state index contributed by atoms with van der Waals surface area (Å²) in [7, 11) is 0. The maximum absolute atomic E-state index is 5.37. The molecule has 0 aliphatic carbocycles. The molecule has 0 radical (unpaired) electrons. The first kappa shape index (κ1) is 21.2. The summed E-state index contributed by atoms with van der Waals surface area (Å²) >= 11 is 0. The van der Waals surface area contributed by atoms with Crippen LogP contribution in [0.15, 0.2) is 35.3 Å². The first-order valence-corrected chi connectivity index (χ1v) is 8.74. The third-order valence-corrected chi connectivity index (χ3v) is 3.90. The van der Waals surface area contributed by atoms with Crippen molar-refractivity contribution in [3.05, 3.63) is 35.9 Å². The summed E-state index contributed by atoms with van der Waals surface area (Å²) in [5, 5.41) is 6.73. The van der Waals surface area contributed by atoms with E-state index >= 15 is 0 Å². The van der Waals surface area contributed by atoms with Gasteiger partial charge in [-0.15, -0.1) is 24.0 Å². The molecule has 5 nitrogen and oxygen atoms in total. The van der Waals surface area contributed by atoms with Gasteiger partial charge in [0, 0.05) is 39.3 Å². The molecule has 0 amide bonds. The summed E-state index contributed by atoms with van der Waals surface area (Å²) in [5.41, 5.74) is 1.35. The highest BCUT2D eigenvalue weighted by molar-refractivity contribution is 14.0. The Morgan fingerprint density at radius 3 is 2.62 bits per heavy atom. The zero-order valence-electron chi connectivity index (χ0n) is 14.7. The van der Waals surface area contributed by atoms with E-state index in [0.717, 1.165) is 71.3 Å². The van der Waals surface area contributed by atoms with Crippen molar-refractivity contribution in [2.75, 3.05) is 52.5 Å². The van der Waals surface area contributed by atoms with Gasteiger partial charge < -0.3 is 15.4 Å². The molecule has 0 atom stereocenters. The van der Waals surface area contributed by atoms with E-state index in [9.17, 15) is 0 Å². The van der Waals surface area contributed by atoms with Crippen LogP contribution in [0.2, 0.25) is 0 Å². The molecule has 0 spiro atoms. The summed E-state index contributed by atoms with van der Waals surface area (Å²) in [6, 6.07) is 10.5. The maximum Gasteiger partial charge on any atom is 0.191 e. The van der Waals surface area contributed by atoms with Gasteiger partial charge >= 0.3 is 0 Å². The third-order valence-electron chi connectivity index (χ3n) is 3.90. The van der Waals surface area contributed by atoms with Crippen molar-refractivity contribution in [1.82, 2.24) is 15.5 Å². The largest absolute Gasteiger partial charge is 0.379 e. The molecule has 1 aromatic rings. The van der Waals surface area contributed by atoms with Crippen LogP contribution in [0.1, 0.15) is 18.9 Å². The van der Waals surface area contributed by atoms with Crippen molar-refractivity contribution in [3.8, 4) is 0 Å². The average molecular weight is 446 g/mol. The number of benzene rings is 1. The van der Waals surface area contributed by atoms with Crippen LogP contribution in [0.5, 0.6) is 0 Å². The number of hydrogen-bond donors (Lipinski definition) is 2. The minimum absolute atomic E-state index is 0. The molecule has 1 heterocycles. The molecule has 24 heavy (non-hydrogen) atoms. The van der Waals surface area contributed by atoms with E-state index in [2.05, 4.69) is 57.8 Å². The van der Waals surface area contributed by atoms with E-state index in [1.165, 1.54) is 5.56 Å². The summed E-state index contributed by atoms with van der Waals surface area (Å²) in [5.74, 6) is 0.922. The van der Waals surface area contributed by atoms with Gasteiger partial charge in [-0.3, -0.25) is 9.89 Å². The molecule has 0 aromatic heterocycles. The molecule has 1 aliphatic heterocycles. The fraction of sp³-hybridized carbons (Fsp3) is 0.611. The number of halogens is 1. The molecule has 0 bridgehead atoms. The second kappa shape index (κ2) is 13.4. The lowest BCUT2D eigenvalue weighted by atomic mass is 10.1. The number of hydrogen-bond acceptors (Lipinski definition) is 3. The van der Waals surface area contributed by atoms with Gasteiger partial charge in [-0.05, 0) is 25.3 Å². The van der Waals surface area contributed by atoms with E-state index in [-0.39, 0.29) is 24.0 Å². The second-order valence-corrected chi connectivity index (χ2v) is 5.73. The fourth-order valence-electron chi connectivity index (χ4n) is 2.62. The monoisotopic (exact) mass is 446 g/mol. The van der Waals surface area contributed by atoms with Crippen molar-refractivity contribution >= 4 is 29.9 Å². The summed E-state index contributed by atoms with van der Waals surface area (Å²) in [6.07, 6.45) is 2.11. The third kappa shape index (κ3) is 8.84. The molecule has 0 unspecified atom stereocenters. The normalized spacial score (nSPS) is 15.6. The summed E-state index contributed by atoms with van der Waals surface area (Å²) in [4.78, 5) is 7.12. The zero-order valence-corrected chi connectivity index (χ0v) is 17.0. The Labute approximate surface area is 163 Å². The molecule has 2 rings (SSSR count). The highest BCUT2D eigenvalue weighted by Crippen LogP contribution is 1.99. The van der Waals surface area contributed by atoms with E-state index in [1.807, 2.05) is 0 Å². The van der Waals surface area contributed by atoms with Crippen LogP contribution in [-0.2, 0) is 11.2 Å². The lowest BCUT2D eigenvalue weighted by molar-refractivity contribution is 0.0377. The van der Waals surface area contributed by atoms with Crippen molar-refractivity contribution in [3.63, 3.8) is 0 Å². The summed E-state index contributed by atoms with van der Waals surface area (Å²) < 4.78 is 5.37. The molecular weight excluding hydrogens is 415 g/mol. The van der Waals surface area contributed by atoms with E-state index in [4.69, 9.17) is 4.74 Å². The molecule has 1 saturated heterocycles. The number of nitrogens with one attached hydrogen (secondary N) is 2. The topological polar surface area (TPSA) is 48.9 Å². The van der Waals surface area contributed by atoms with Crippen LogP contribution >= 0.6 is 24.0 Å². The van der Waals surface area contributed by atoms with Gasteiger partial charge in [0.1, 0.15) is 0 Å². The van der Waals surface area contributed by atoms with E-state index < -0.39 is 0 Å². The van der Waals surface area contributed by atoms with Gasteiger partial charge in [0.15, 0.2) is 5.96 Å². The lowest BCUT2D eigenvalue weighted by Gasteiger charge is -2.26. The molecule has 1 aliphatic rings. The minimum atomic E-state index is 0. The Balaban J connectivity index is 0.00000288. The molecule has 136 valence electrons. The van der Waals surface area contributed by atoms with Crippen LogP contribution in [0.25, 0.3) is 0 Å². The number of aliphatic imine (C=N–C) groups is 1. The highest BCUT2D eigenvalue weighted by atomic mass is 127. The Kier molecular flexibility index (Phi) is 11.9. The first-order chi connectivity index (χ1) is 11.4. The van der Waals surface area contributed by atoms with E-state index in [1.54, 1.807) is 0 Å². The molecule has 0 saturated carbocycles. The van der Waals surface area contributed by atoms with E-state index in [0.29, 0.717) is 0 Å². The molecule has 2 N–H and O–H groups in total. The molecule has 1 fully saturated rings.